The highest BCUT2D eigenvalue weighted by Crippen LogP contribution is 2.31. The van der Waals surface area contributed by atoms with Crippen LogP contribution in [0.4, 0.5) is 0 Å². The lowest BCUT2D eigenvalue weighted by Crippen LogP contribution is -2.08. The van der Waals surface area contributed by atoms with E-state index in [1.807, 2.05) is 0 Å². The predicted molar refractivity (Wildman–Crippen MR) is 59.2 cm³/mol. The molecule has 84 valence electrons. The van der Waals surface area contributed by atoms with Gasteiger partial charge in [-0.2, -0.15) is 0 Å². The second-order valence-electron chi connectivity index (χ2n) is 3.80. The Morgan fingerprint density at radius 3 is 2.69 bits per heavy atom. The van der Waals surface area contributed by atoms with E-state index in [0.717, 1.165) is 18.4 Å². The molecule has 0 radical (unpaired) electrons. The Kier molecular flexibility index (Phi) is 2.56. The van der Waals surface area contributed by atoms with Gasteiger partial charge in [-0.1, -0.05) is 6.07 Å². The van der Waals surface area contributed by atoms with Gasteiger partial charge in [-0.3, -0.25) is 0 Å². The molecule has 4 nitrogen and oxygen atoms in total. The topological polar surface area (TPSA) is 72.5 Å². The number of aromatic carboxylic acids is 1. The van der Waals surface area contributed by atoms with E-state index in [0.29, 0.717) is 17.2 Å². The van der Waals surface area contributed by atoms with Gasteiger partial charge in [0.25, 0.3) is 0 Å². The molecular formula is C12H13NO3. The van der Waals surface area contributed by atoms with E-state index in [2.05, 4.69) is 0 Å². The number of allylic oxidation sites excluding steroid dienone is 1. The number of hydrogen-bond donors (Lipinski definition) is 2. The normalized spacial score (nSPS) is 13.4. The number of benzene rings is 1. The van der Waals surface area contributed by atoms with Gasteiger partial charge < -0.3 is 15.6 Å². The summed E-state index contributed by atoms with van der Waals surface area (Å²) in [4.78, 5) is 10.9. The van der Waals surface area contributed by atoms with Crippen LogP contribution in [-0.2, 0) is 0 Å². The van der Waals surface area contributed by atoms with Crippen LogP contribution >= 0.6 is 0 Å². The molecule has 0 spiro atoms. The van der Waals surface area contributed by atoms with Gasteiger partial charge in [-0.05, 0) is 37.5 Å². The average molecular weight is 219 g/mol. The maximum atomic E-state index is 10.9. The van der Waals surface area contributed by atoms with Gasteiger partial charge in [0, 0.05) is 5.56 Å². The van der Waals surface area contributed by atoms with Crippen LogP contribution in [0.5, 0.6) is 5.75 Å². The third-order valence-electron chi connectivity index (χ3n) is 2.58. The molecule has 0 atom stereocenters. The smallest absolute Gasteiger partial charge is 0.336 e. The van der Waals surface area contributed by atoms with Crippen molar-refractivity contribution >= 4 is 5.97 Å². The van der Waals surface area contributed by atoms with Crippen molar-refractivity contribution in [2.75, 3.05) is 0 Å². The number of carboxylic acid groups (broad SMARTS) is 1. The van der Waals surface area contributed by atoms with Gasteiger partial charge in [0.1, 0.15) is 5.75 Å². The van der Waals surface area contributed by atoms with Gasteiger partial charge >= 0.3 is 5.97 Å². The lowest BCUT2D eigenvalue weighted by atomic mass is 10.1. The molecule has 1 aliphatic rings. The van der Waals surface area contributed by atoms with Crippen molar-refractivity contribution < 1.29 is 14.6 Å². The van der Waals surface area contributed by atoms with Crippen molar-refractivity contribution in [3.8, 4) is 5.75 Å². The summed E-state index contributed by atoms with van der Waals surface area (Å²) in [5.74, 6) is -0.0389. The van der Waals surface area contributed by atoms with Crippen LogP contribution in [-0.4, -0.2) is 11.1 Å². The molecule has 16 heavy (non-hydrogen) atoms. The maximum absolute atomic E-state index is 10.9. The first-order valence-electron chi connectivity index (χ1n) is 5.08. The van der Waals surface area contributed by atoms with Gasteiger partial charge in [-0.15, -0.1) is 0 Å². The summed E-state index contributed by atoms with van der Waals surface area (Å²) in [6.07, 6.45) is 1.95. The fraction of sp³-hybridized carbons (Fsp3) is 0.250. The zero-order chi connectivity index (χ0) is 11.7. The first kappa shape index (κ1) is 10.5. The number of hydrogen-bond acceptors (Lipinski definition) is 3. The SMILES string of the molecule is Cc1c(OC(N)=C2CC2)cccc1C(=O)O. The van der Waals surface area contributed by atoms with E-state index in [1.54, 1.807) is 25.1 Å². The molecular weight excluding hydrogens is 206 g/mol. The van der Waals surface area contributed by atoms with E-state index in [4.69, 9.17) is 15.6 Å². The van der Waals surface area contributed by atoms with Crippen LogP contribution < -0.4 is 10.5 Å². The predicted octanol–water partition coefficient (Wildman–Crippen LogP) is 2.04. The summed E-state index contributed by atoms with van der Waals surface area (Å²) in [5.41, 5.74) is 7.65. The van der Waals surface area contributed by atoms with Gasteiger partial charge in [0.2, 0.25) is 0 Å². The van der Waals surface area contributed by atoms with Crippen molar-refractivity contribution in [2.24, 2.45) is 5.73 Å². The second kappa shape index (κ2) is 3.89. The Morgan fingerprint density at radius 1 is 1.44 bits per heavy atom. The molecule has 4 heteroatoms. The van der Waals surface area contributed by atoms with Crippen LogP contribution in [0, 0.1) is 6.92 Å². The first-order valence-corrected chi connectivity index (χ1v) is 5.08. The number of nitrogens with two attached hydrogens (primary N) is 1. The summed E-state index contributed by atoms with van der Waals surface area (Å²) in [6, 6.07) is 4.92. The largest absolute Gasteiger partial charge is 0.478 e. The standard InChI is InChI=1S/C12H13NO3/c1-7-9(12(14)15)3-2-4-10(7)16-11(13)8-5-6-8/h2-4H,5-6,13H2,1H3,(H,14,15). The summed E-state index contributed by atoms with van der Waals surface area (Å²) in [6.45, 7) is 1.71. The van der Waals surface area contributed by atoms with E-state index >= 15 is 0 Å². The molecule has 1 aliphatic carbocycles. The summed E-state index contributed by atoms with van der Waals surface area (Å²) >= 11 is 0. The average Bonchev–Trinajstić information content (AvgIpc) is 3.03. The highest BCUT2D eigenvalue weighted by molar-refractivity contribution is 5.90. The molecule has 0 unspecified atom stereocenters. The second-order valence-corrected chi connectivity index (χ2v) is 3.80. The molecule has 0 aliphatic heterocycles. The quantitative estimate of drug-likeness (QED) is 0.763. The Morgan fingerprint density at radius 2 is 2.12 bits per heavy atom. The molecule has 1 fully saturated rings. The van der Waals surface area contributed by atoms with Crippen LogP contribution in [0.25, 0.3) is 0 Å². The molecule has 0 bridgehead atoms. The summed E-state index contributed by atoms with van der Waals surface area (Å²) in [5, 5.41) is 8.95. The molecule has 0 aromatic heterocycles. The first-order chi connectivity index (χ1) is 7.59. The van der Waals surface area contributed by atoms with Crippen molar-refractivity contribution in [1.29, 1.82) is 0 Å². The summed E-state index contributed by atoms with van der Waals surface area (Å²) < 4.78 is 5.45. The van der Waals surface area contributed by atoms with Crippen LogP contribution in [0.15, 0.2) is 29.7 Å². The number of carboxylic acids is 1. The molecule has 3 N–H and O–H groups in total. The Labute approximate surface area is 93.3 Å². The Balaban J connectivity index is 2.31. The van der Waals surface area contributed by atoms with Crippen LogP contribution in [0.2, 0.25) is 0 Å². The molecule has 2 rings (SSSR count). The van der Waals surface area contributed by atoms with E-state index in [9.17, 15) is 4.79 Å². The third kappa shape index (κ3) is 2.00. The van der Waals surface area contributed by atoms with E-state index < -0.39 is 5.97 Å². The number of ether oxygens (including phenoxy) is 1. The Bertz CT molecular complexity index is 471. The van der Waals surface area contributed by atoms with Crippen LogP contribution in [0.3, 0.4) is 0 Å². The highest BCUT2D eigenvalue weighted by atomic mass is 16.5. The van der Waals surface area contributed by atoms with Crippen molar-refractivity contribution in [3.05, 3.63) is 40.8 Å². The van der Waals surface area contributed by atoms with Gasteiger partial charge in [0.15, 0.2) is 5.88 Å². The fourth-order valence-electron chi connectivity index (χ4n) is 1.46. The Hall–Kier alpha value is -1.97. The van der Waals surface area contributed by atoms with Crippen molar-refractivity contribution in [3.63, 3.8) is 0 Å². The maximum Gasteiger partial charge on any atom is 0.336 e. The molecule has 1 aromatic rings. The molecule has 0 amide bonds. The van der Waals surface area contributed by atoms with Gasteiger partial charge in [-0.25, -0.2) is 4.79 Å². The highest BCUT2D eigenvalue weighted by Gasteiger charge is 2.19. The zero-order valence-corrected chi connectivity index (χ0v) is 8.99. The van der Waals surface area contributed by atoms with Crippen molar-refractivity contribution in [1.82, 2.24) is 0 Å². The zero-order valence-electron chi connectivity index (χ0n) is 8.99. The van der Waals surface area contributed by atoms with Gasteiger partial charge in [0.05, 0.1) is 5.56 Å². The monoisotopic (exact) mass is 219 g/mol. The minimum atomic E-state index is -0.958. The molecule has 0 saturated heterocycles. The van der Waals surface area contributed by atoms with Crippen molar-refractivity contribution in [2.45, 2.75) is 19.8 Å². The fourth-order valence-corrected chi connectivity index (χ4v) is 1.46. The van der Waals surface area contributed by atoms with E-state index in [-0.39, 0.29) is 5.56 Å². The minimum Gasteiger partial charge on any atom is -0.478 e. The molecule has 1 saturated carbocycles. The van der Waals surface area contributed by atoms with Crippen LogP contribution in [0.1, 0.15) is 28.8 Å². The summed E-state index contributed by atoms with van der Waals surface area (Å²) in [7, 11) is 0. The molecule has 1 aromatic carbocycles. The molecule has 0 heterocycles. The van der Waals surface area contributed by atoms with E-state index in [1.165, 1.54) is 0 Å². The number of rotatable bonds is 3. The number of carbonyl (C=O) groups is 1. The minimum absolute atomic E-state index is 0.242. The lowest BCUT2D eigenvalue weighted by Gasteiger charge is -2.10. The lowest BCUT2D eigenvalue weighted by molar-refractivity contribution is 0.0695. The third-order valence-corrected chi connectivity index (χ3v) is 2.58.